The number of hydrogen-bond donors (Lipinski definition) is 1. The van der Waals surface area contributed by atoms with Crippen LogP contribution in [0.5, 0.6) is 0 Å². The molecule has 2 fully saturated rings. The first kappa shape index (κ1) is 16.5. The second kappa shape index (κ2) is 7.42. The van der Waals surface area contributed by atoms with E-state index < -0.39 is 5.60 Å². The maximum atomic E-state index is 12.1. The predicted octanol–water partition coefficient (Wildman–Crippen LogP) is 1.61. The van der Waals surface area contributed by atoms with Gasteiger partial charge in [0.1, 0.15) is 5.60 Å². The summed E-state index contributed by atoms with van der Waals surface area (Å²) >= 11 is 0. The SMILES string of the molecule is CC(C)(C)OC(=O)N1CCCC(NN2CCOCC2)CC1. The number of likely N-dealkylation sites (tertiary alicyclic amines) is 1. The molecular weight excluding hydrogens is 270 g/mol. The number of ether oxygens (including phenoxy) is 2. The van der Waals surface area contributed by atoms with Crippen LogP contribution in [0.4, 0.5) is 4.79 Å². The number of hydrogen-bond acceptors (Lipinski definition) is 5. The van der Waals surface area contributed by atoms with Crippen molar-refractivity contribution in [1.82, 2.24) is 15.3 Å². The van der Waals surface area contributed by atoms with Crippen molar-refractivity contribution in [3.8, 4) is 0 Å². The van der Waals surface area contributed by atoms with Gasteiger partial charge in [0.05, 0.1) is 13.2 Å². The highest BCUT2D eigenvalue weighted by atomic mass is 16.6. The average Bonchev–Trinajstić information content (AvgIpc) is 2.64. The molecule has 2 saturated heterocycles. The lowest BCUT2D eigenvalue weighted by molar-refractivity contribution is 0.00208. The van der Waals surface area contributed by atoms with Gasteiger partial charge in [-0.1, -0.05) is 0 Å². The minimum absolute atomic E-state index is 0.186. The summed E-state index contributed by atoms with van der Waals surface area (Å²) < 4.78 is 10.8. The Kier molecular flexibility index (Phi) is 5.84. The summed E-state index contributed by atoms with van der Waals surface area (Å²) in [5.74, 6) is 0. The molecule has 0 saturated carbocycles. The van der Waals surface area contributed by atoms with Crippen LogP contribution in [0.3, 0.4) is 0 Å². The summed E-state index contributed by atoms with van der Waals surface area (Å²) in [4.78, 5) is 14.0. The molecule has 0 aromatic carbocycles. The highest BCUT2D eigenvalue weighted by Gasteiger charge is 2.26. The first-order valence-electron chi connectivity index (χ1n) is 8.01. The fourth-order valence-corrected chi connectivity index (χ4v) is 2.69. The second-order valence-corrected chi connectivity index (χ2v) is 6.82. The lowest BCUT2D eigenvalue weighted by Crippen LogP contribution is -2.50. The van der Waals surface area contributed by atoms with Crippen molar-refractivity contribution >= 4 is 6.09 Å². The number of carbonyl (C=O) groups is 1. The molecule has 2 aliphatic rings. The maximum Gasteiger partial charge on any atom is 0.410 e. The van der Waals surface area contributed by atoms with Crippen molar-refractivity contribution in [3.63, 3.8) is 0 Å². The van der Waals surface area contributed by atoms with Gasteiger partial charge < -0.3 is 14.4 Å². The van der Waals surface area contributed by atoms with Gasteiger partial charge >= 0.3 is 6.09 Å². The lowest BCUT2D eigenvalue weighted by Gasteiger charge is -2.31. The molecule has 0 aliphatic carbocycles. The Morgan fingerprint density at radius 3 is 2.52 bits per heavy atom. The average molecular weight is 299 g/mol. The third-order valence-electron chi connectivity index (χ3n) is 3.76. The molecule has 0 aromatic heterocycles. The molecule has 6 nitrogen and oxygen atoms in total. The predicted molar refractivity (Wildman–Crippen MR) is 81.0 cm³/mol. The lowest BCUT2D eigenvalue weighted by atomic mass is 10.1. The van der Waals surface area contributed by atoms with E-state index >= 15 is 0 Å². The van der Waals surface area contributed by atoms with Crippen LogP contribution in [-0.2, 0) is 9.47 Å². The van der Waals surface area contributed by atoms with Crippen LogP contribution in [0, 0.1) is 0 Å². The Bertz CT molecular complexity index is 338. The van der Waals surface area contributed by atoms with Crippen LogP contribution in [0.1, 0.15) is 40.0 Å². The largest absolute Gasteiger partial charge is 0.444 e. The summed E-state index contributed by atoms with van der Waals surface area (Å²) in [6.07, 6.45) is 2.89. The molecule has 6 heteroatoms. The van der Waals surface area contributed by atoms with Crippen LogP contribution in [-0.4, -0.2) is 67.0 Å². The molecular formula is C15H29N3O3. The normalized spacial score (nSPS) is 25.5. The zero-order valence-electron chi connectivity index (χ0n) is 13.6. The molecule has 1 amide bonds. The van der Waals surface area contributed by atoms with Gasteiger partial charge in [0, 0.05) is 32.2 Å². The van der Waals surface area contributed by atoms with Crippen LogP contribution in [0.2, 0.25) is 0 Å². The summed E-state index contributed by atoms with van der Waals surface area (Å²) in [5, 5.41) is 2.25. The first-order chi connectivity index (χ1) is 9.94. The van der Waals surface area contributed by atoms with E-state index in [4.69, 9.17) is 9.47 Å². The zero-order chi connectivity index (χ0) is 15.3. The molecule has 0 bridgehead atoms. The monoisotopic (exact) mass is 299 g/mol. The maximum absolute atomic E-state index is 12.1. The number of rotatable bonds is 2. The number of nitrogens with zero attached hydrogens (tertiary/aromatic N) is 2. The quantitative estimate of drug-likeness (QED) is 0.839. The van der Waals surface area contributed by atoms with Crippen LogP contribution < -0.4 is 5.43 Å². The molecule has 0 radical (unpaired) electrons. The summed E-state index contributed by atoms with van der Waals surface area (Å²) in [6.45, 7) is 10.7. The number of amides is 1. The Morgan fingerprint density at radius 1 is 1.14 bits per heavy atom. The Balaban J connectivity index is 1.77. The van der Waals surface area contributed by atoms with E-state index in [2.05, 4.69) is 10.4 Å². The van der Waals surface area contributed by atoms with Gasteiger partial charge in [-0.15, -0.1) is 0 Å². The minimum Gasteiger partial charge on any atom is -0.444 e. The van der Waals surface area contributed by atoms with E-state index in [1.165, 1.54) is 0 Å². The number of morpholine rings is 1. The van der Waals surface area contributed by atoms with Crippen molar-refractivity contribution in [1.29, 1.82) is 0 Å². The fourth-order valence-electron chi connectivity index (χ4n) is 2.69. The van der Waals surface area contributed by atoms with E-state index in [0.717, 1.165) is 58.7 Å². The van der Waals surface area contributed by atoms with Gasteiger partial charge in [0.2, 0.25) is 0 Å². The molecule has 122 valence electrons. The highest BCUT2D eigenvalue weighted by Crippen LogP contribution is 2.16. The van der Waals surface area contributed by atoms with Crippen LogP contribution in [0.25, 0.3) is 0 Å². The minimum atomic E-state index is -0.422. The zero-order valence-corrected chi connectivity index (χ0v) is 13.6. The topological polar surface area (TPSA) is 54.0 Å². The molecule has 2 heterocycles. The summed E-state index contributed by atoms with van der Waals surface area (Å²) in [6, 6.07) is 0.440. The van der Waals surface area contributed by atoms with E-state index in [9.17, 15) is 4.79 Å². The van der Waals surface area contributed by atoms with E-state index in [1.807, 2.05) is 25.7 Å². The first-order valence-corrected chi connectivity index (χ1v) is 8.01. The van der Waals surface area contributed by atoms with E-state index in [-0.39, 0.29) is 6.09 Å². The third kappa shape index (κ3) is 5.80. The molecule has 1 atom stereocenters. The Hall–Kier alpha value is -0.850. The summed E-state index contributed by atoms with van der Waals surface area (Å²) in [5.41, 5.74) is 3.16. The van der Waals surface area contributed by atoms with Crippen molar-refractivity contribution in [2.45, 2.75) is 51.7 Å². The smallest absolute Gasteiger partial charge is 0.410 e. The molecule has 21 heavy (non-hydrogen) atoms. The second-order valence-electron chi connectivity index (χ2n) is 6.82. The van der Waals surface area contributed by atoms with Gasteiger partial charge in [0.15, 0.2) is 0 Å². The standard InChI is InChI=1S/C15H29N3O3/c1-15(2,3)21-14(19)17-7-4-5-13(6-8-17)16-18-9-11-20-12-10-18/h13,16H,4-12H2,1-3H3. The van der Waals surface area contributed by atoms with Crippen molar-refractivity contribution in [2.75, 3.05) is 39.4 Å². The van der Waals surface area contributed by atoms with E-state index in [1.54, 1.807) is 0 Å². The van der Waals surface area contributed by atoms with Gasteiger partial charge in [0.25, 0.3) is 0 Å². The third-order valence-corrected chi connectivity index (χ3v) is 3.76. The van der Waals surface area contributed by atoms with Crippen molar-refractivity contribution in [2.24, 2.45) is 0 Å². The van der Waals surface area contributed by atoms with Gasteiger partial charge in [-0.25, -0.2) is 9.80 Å². The molecule has 1 unspecified atom stereocenters. The highest BCUT2D eigenvalue weighted by molar-refractivity contribution is 5.68. The fraction of sp³-hybridized carbons (Fsp3) is 0.933. The Morgan fingerprint density at radius 2 is 1.86 bits per heavy atom. The molecule has 2 aliphatic heterocycles. The molecule has 0 spiro atoms. The van der Waals surface area contributed by atoms with Crippen LogP contribution >= 0.6 is 0 Å². The summed E-state index contributed by atoms with van der Waals surface area (Å²) in [7, 11) is 0. The number of hydrazine groups is 1. The van der Waals surface area contributed by atoms with Gasteiger partial charge in [-0.05, 0) is 40.0 Å². The molecule has 2 rings (SSSR count). The van der Waals surface area contributed by atoms with Gasteiger partial charge in [-0.2, -0.15) is 0 Å². The Labute approximate surface area is 127 Å². The van der Waals surface area contributed by atoms with Crippen LogP contribution in [0.15, 0.2) is 0 Å². The molecule has 0 aromatic rings. The van der Waals surface area contributed by atoms with Crippen molar-refractivity contribution < 1.29 is 14.3 Å². The number of nitrogens with one attached hydrogen (secondary N) is 1. The molecule has 1 N–H and O–H groups in total. The van der Waals surface area contributed by atoms with Crippen molar-refractivity contribution in [3.05, 3.63) is 0 Å². The van der Waals surface area contributed by atoms with Gasteiger partial charge in [-0.3, -0.25) is 5.43 Å². The van der Waals surface area contributed by atoms with E-state index in [0.29, 0.717) is 6.04 Å². The number of carbonyl (C=O) groups excluding carboxylic acids is 1.